The number of aromatic nitrogens is 3. The van der Waals surface area contributed by atoms with Crippen molar-refractivity contribution in [2.75, 3.05) is 7.05 Å². The van der Waals surface area contributed by atoms with E-state index in [1.807, 2.05) is 71.1 Å². The van der Waals surface area contributed by atoms with E-state index < -0.39 is 10.8 Å². The Bertz CT molecular complexity index is 1140. The van der Waals surface area contributed by atoms with Crippen molar-refractivity contribution in [3.63, 3.8) is 0 Å². The molecule has 9 heteroatoms. The van der Waals surface area contributed by atoms with Gasteiger partial charge in [0.15, 0.2) is 0 Å². The molecule has 174 valence electrons. The highest BCUT2D eigenvalue weighted by molar-refractivity contribution is 7.85. The Kier molecular flexibility index (Phi) is 8.24. The highest BCUT2D eigenvalue weighted by atomic mass is 32.2. The molecule has 0 amide bonds. The van der Waals surface area contributed by atoms with Crippen LogP contribution in [0.25, 0.3) is 17.2 Å². The average Bonchev–Trinajstić information content (AvgIpc) is 3.32. The second-order valence-corrected chi connectivity index (χ2v) is 9.90. The Morgan fingerprint density at radius 2 is 1.88 bits per heavy atom. The number of benzene rings is 1. The third-order valence-electron chi connectivity index (χ3n) is 5.04. The lowest BCUT2D eigenvalue weighted by atomic mass is 10.1. The van der Waals surface area contributed by atoms with E-state index in [0.717, 1.165) is 17.8 Å². The number of aliphatic imine (C=N–C) groups is 1. The monoisotopic (exact) mass is 466 g/mol. The van der Waals surface area contributed by atoms with Gasteiger partial charge >= 0.3 is 0 Å². The molecule has 0 saturated heterocycles. The second kappa shape index (κ2) is 11.1. The average molecular weight is 467 g/mol. The normalized spacial score (nSPS) is 14.0. The lowest BCUT2D eigenvalue weighted by molar-refractivity contribution is 0.537. The minimum atomic E-state index is -1.08. The van der Waals surface area contributed by atoms with Crippen molar-refractivity contribution in [2.45, 2.75) is 50.4 Å². The van der Waals surface area contributed by atoms with Crippen molar-refractivity contribution in [2.24, 2.45) is 4.99 Å². The number of nitrogens with zero attached hydrogens (tertiary/aromatic N) is 4. The van der Waals surface area contributed by atoms with Crippen molar-refractivity contribution in [1.29, 1.82) is 0 Å². The van der Waals surface area contributed by atoms with Gasteiger partial charge in [-0.25, -0.2) is 0 Å². The van der Waals surface area contributed by atoms with Crippen LogP contribution >= 0.6 is 0 Å². The first-order chi connectivity index (χ1) is 15.8. The summed E-state index contributed by atoms with van der Waals surface area (Å²) >= 11 is 0. The molecule has 3 rings (SSSR count). The SMILES string of the molecule is C=N/C(C)=C(\NC(C)c1ccc(S(=O)C(C)C)cn1)c1nnc(-c2ccc(CNC)cc2)o1. The van der Waals surface area contributed by atoms with E-state index in [2.05, 4.69) is 37.5 Å². The summed E-state index contributed by atoms with van der Waals surface area (Å²) in [5, 5.41) is 15.0. The molecule has 0 aliphatic carbocycles. The summed E-state index contributed by atoms with van der Waals surface area (Å²) in [5.41, 5.74) is 3.99. The smallest absolute Gasteiger partial charge is 0.265 e. The largest absolute Gasteiger partial charge is 0.415 e. The summed E-state index contributed by atoms with van der Waals surface area (Å²) in [7, 11) is 0.833. The number of rotatable bonds is 10. The van der Waals surface area contributed by atoms with Crippen molar-refractivity contribution >= 4 is 23.2 Å². The highest BCUT2D eigenvalue weighted by Crippen LogP contribution is 2.25. The Morgan fingerprint density at radius 3 is 2.45 bits per heavy atom. The summed E-state index contributed by atoms with van der Waals surface area (Å²) in [5.74, 6) is 0.738. The van der Waals surface area contributed by atoms with Gasteiger partial charge in [-0.3, -0.25) is 14.2 Å². The second-order valence-electron chi connectivity index (χ2n) is 7.89. The first kappa shape index (κ1) is 24.5. The topological polar surface area (TPSA) is 105 Å². The summed E-state index contributed by atoms with van der Waals surface area (Å²) < 4.78 is 18.2. The van der Waals surface area contributed by atoms with E-state index in [-0.39, 0.29) is 11.3 Å². The quantitative estimate of drug-likeness (QED) is 0.433. The van der Waals surface area contributed by atoms with E-state index in [9.17, 15) is 4.21 Å². The summed E-state index contributed by atoms with van der Waals surface area (Å²) in [6.45, 7) is 12.1. The van der Waals surface area contributed by atoms with Crippen LogP contribution in [0.15, 0.2) is 62.6 Å². The van der Waals surface area contributed by atoms with Crippen molar-refractivity contribution in [3.8, 4) is 11.5 Å². The fraction of sp³-hybridized carbons (Fsp3) is 0.333. The molecule has 2 atom stereocenters. The maximum atomic E-state index is 12.3. The molecule has 0 radical (unpaired) electrons. The standard InChI is InChI=1S/C24H30N6O2S/c1-15(2)33(31)20-11-12-21(27-14-20)16(3)28-22(17(4)26-6)24-30-29-23(32-24)19-9-7-18(8-10-19)13-25-5/h7-12,14-16,25,28H,6,13H2,1-5H3/b22-17-. The third kappa shape index (κ3) is 6.00. The van der Waals surface area contributed by atoms with E-state index in [1.54, 1.807) is 6.20 Å². The predicted molar refractivity (Wildman–Crippen MR) is 132 cm³/mol. The van der Waals surface area contributed by atoms with Crippen LogP contribution in [0.1, 0.15) is 50.9 Å². The Hall–Kier alpha value is -3.17. The molecule has 2 unspecified atom stereocenters. The number of nitrogens with one attached hydrogen (secondary N) is 2. The molecule has 2 N–H and O–H groups in total. The molecule has 0 aliphatic rings. The van der Waals surface area contributed by atoms with Crippen LogP contribution < -0.4 is 10.6 Å². The van der Waals surface area contributed by atoms with Gasteiger partial charge in [-0.15, -0.1) is 10.2 Å². The van der Waals surface area contributed by atoms with Crippen LogP contribution in [-0.2, 0) is 17.3 Å². The summed E-state index contributed by atoms with van der Waals surface area (Å²) in [6.07, 6.45) is 1.66. The zero-order valence-corrected chi connectivity index (χ0v) is 20.4. The molecule has 2 aromatic heterocycles. The van der Waals surface area contributed by atoms with Crippen LogP contribution in [0.3, 0.4) is 0 Å². The maximum absolute atomic E-state index is 12.3. The fourth-order valence-electron chi connectivity index (χ4n) is 3.14. The van der Waals surface area contributed by atoms with Gasteiger partial charge in [0.05, 0.1) is 33.1 Å². The van der Waals surface area contributed by atoms with Gasteiger partial charge < -0.3 is 15.1 Å². The minimum Gasteiger partial charge on any atom is -0.415 e. The molecule has 8 nitrogen and oxygen atoms in total. The molecular weight excluding hydrogens is 436 g/mol. The van der Waals surface area contributed by atoms with Crippen LogP contribution in [0.5, 0.6) is 0 Å². The molecule has 3 aromatic rings. The molecule has 0 aliphatic heterocycles. The maximum Gasteiger partial charge on any atom is 0.265 e. The first-order valence-electron chi connectivity index (χ1n) is 10.7. The third-order valence-corrected chi connectivity index (χ3v) is 6.61. The zero-order valence-electron chi connectivity index (χ0n) is 19.6. The molecular formula is C24H30N6O2S. The Balaban J connectivity index is 1.81. The van der Waals surface area contributed by atoms with Crippen molar-refractivity contribution in [1.82, 2.24) is 25.8 Å². The lowest BCUT2D eigenvalue weighted by Crippen LogP contribution is -2.20. The molecule has 2 heterocycles. The molecule has 0 spiro atoms. The zero-order chi connectivity index (χ0) is 24.0. The number of hydrogen-bond donors (Lipinski definition) is 2. The van der Waals surface area contributed by atoms with Crippen LogP contribution in [0.2, 0.25) is 0 Å². The van der Waals surface area contributed by atoms with Gasteiger partial charge in [0.1, 0.15) is 5.70 Å². The van der Waals surface area contributed by atoms with E-state index in [4.69, 9.17) is 4.42 Å². The Labute approximate surface area is 197 Å². The van der Waals surface area contributed by atoms with Gasteiger partial charge in [-0.1, -0.05) is 26.0 Å². The minimum absolute atomic E-state index is 0.0373. The van der Waals surface area contributed by atoms with E-state index in [1.165, 1.54) is 5.56 Å². The van der Waals surface area contributed by atoms with Gasteiger partial charge in [-0.2, -0.15) is 0 Å². The first-order valence-corrected chi connectivity index (χ1v) is 11.9. The molecule has 33 heavy (non-hydrogen) atoms. The predicted octanol–water partition coefficient (Wildman–Crippen LogP) is 4.11. The number of allylic oxidation sites excluding steroid dienone is 1. The van der Waals surface area contributed by atoms with Crippen LogP contribution in [0.4, 0.5) is 0 Å². The molecule has 1 aromatic carbocycles. The number of pyridine rings is 1. The number of hydrogen-bond acceptors (Lipinski definition) is 8. The molecule has 0 bridgehead atoms. The fourth-order valence-corrected chi connectivity index (χ4v) is 4.04. The summed E-state index contributed by atoms with van der Waals surface area (Å²) in [4.78, 5) is 9.26. The van der Waals surface area contributed by atoms with Crippen molar-refractivity contribution in [3.05, 3.63) is 65.4 Å². The van der Waals surface area contributed by atoms with Gasteiger partial charge in [0, 0.05) is 23.6 Å². The van der Waals surface area contributed by atoms with Gasteiger partial charge in [-0.05, 0) is 57.4 Å². The van der Waals surface area contributed by atoms with Crippen LogP contribution in [0, 0.1) is 0 Å². The summed E-state index contributed by atoms with van der Waals surface area (Å²) in [6, 6.07) is 11.5. The van der Waals surface area contributed by atoms with Gasteiger partial charge in [0.2, 0.25) is 5.89 Å². The van der Waals surface area contributed by atoms with Crippen molar-refractivity contribution < 1.29 is 8.63 Å². The van der Waals surface area contributed by atoms with E-state index >= 15 is 0 Å². The lowest BCUT2D eigenvalue weighted by Gasteiger charge is -2.17. The molecule has 0 fully saturated rings. The van der Waals surface area contributed by atoms with E-state index in [0.29, 0.717) is 28.1 Å². The highest BCUT2D eigenvalue weighted by Gasteiger charge is 2.19. The Morgan fingerprint density at radius 1 is 1.15 bits per heavy atom. The van der Waals surface area contributed by atoms with Gasteiger partial charge in [0.25, 0.3) is 5.89 Å². The van der Waals surface area contributed by atoms with Crippen LogP contribution in [-0.4, -0.2) is 38.4 Å². The molecule has 0 saturated carbocycles.